The summed E-state index contributed by atoms with van der Waals surface area (Å²) in [4.78, 5) is 15.1. The third-order valence-corrected chi connectivity index (χ3v) is 3.74. The van der Waals surface area contributed by atoms with E-state index in [9.17, 15) is 4.79 Å². The summed E-state index contributed by atoms with van der Waals surface area (Å²) in [6.45, 7) is 0. The van der Waals surface area contributed by atoms with E-state index in [1.54, 1.807) is 18.3 Å². The van der Waals surface area contributed by atoms with Gasteiger partial charge in [-0.05, 0) is 30.9 Å². The Balaban J connectivity index is 2.12. The van der Waals surface area contributed by atoms with Crippen LogP contribution in [-0.4, -0.2) is 21.3 Å². The van der Waals surface area contributed by atoms with Gasteiger partial charge in [-0.15, -0.1) is 0 Å². The Hall–Kier alpha value is -1.23. The zero-order valence-corrected chi connectivity index (χ0v) is 8.91. The maximum atomic E-state index is 11.0. The molecule has 1 aromatic rings. The van der Waals surface area contributed by atoms with E-state index >= 15 is 0 Å². The number of thioether (sulfide) groups is 1. The van der Waals surface area contributed by atoms with Crippen LogP contribution in [0.25, 0.3) is 0 Å². The first kappa shape index (κ1) is 10.3. The van der Waals surface area contributed by atoms with Crippen LogP contribution in [0.1, 0.15) is 12.8 Å². The molecule has 0 radical (unpaired) electrons. The molecule has 0 bridgehead atoms. The van der Waals surface area contributed by atoms with Gasteiger partial charge in [0.1, 0.15) is 10.3 Å². The maximum absolute atomic E-state index is 11.0. The fourth-order valence-corrected chi connectivity index (χ4v) is 2.50. The van der Waals surface area contributed by atoms with Crippen molar-refractivity contribution in [3.8, 4) is 0 Å². The summed E-state index contributed by atoms with van der Waals surface area (Å²) < 4.78 is 0. The number of anilines is 1. The molecule has 0 saturated heterocycles. The molecule has 0 aliphatic heterocycles. The van der Waals surface area contributed by atoms with Crippen molar-refractivity contribution in [1.29, 1.82) is 0 Å². The molecule has 0 spiro atoms. The topological polar surface area (TPSA) is 76.2 Å². The Labute approximate surface area is 91.9 Å². The van der Waals surface area contributed by atoms with E-state index in [1.165, 1.54) is 11.8 Å². The second-order valence-electron chi connectivity index (χ2n) is 3.61. The van der Waals surface area contributed by atoms with Gasteiger partial charge in [0.05, 0.1) is 5.69 Å². The number of hydrogen-bond donors (Lipinski definition) is 2. The lowest BCUT2D eigenvalue weighted by atomic mass is 10.3. The smallest absolute Gasteiger partial charge is 0.317 e. The molecule has 1 saturated carbocycles. The Kier molecular flexibility index (Phi) is 2.81. The minimum absolute atomic E-state index is 0.286. The van der Waals surface area contributed by atoms with Crippen LogP contribution in [-0.2, 0) is 4.79 Å². The fourth-order valence-electron chi connectivity index (χ4n) is 1.37. The van der Waals surface area contributed by atoms with Crippen molar-refractivity contribution < 1.29 is 9.90 Å². The molecule has 0 aromatic carbocycles. The molecule has 0 amide bonds. The summed E-state index contributed by atoms with van der Waals surface area (Å²) in [6, 6.07) is 3.48. The van der Waals surface area contributed by atoms with E-state index in [-0.39, 0.29) is 5.92 Å². The van der Waals surface area contributed by atoms with Crippen LogP contribution in [0, 0.1) is 5.92 Å². The number of nitrogens with zero attached hydrogens (tertiary/aromatic N) is 1. The van der Waals surface area contributed by atoms with Crippen LogP contribution in [0.4, 0.5) is 5.69 Å². The number of nitrogens with two attached hydrogens (primary N) is 1. The molecule has 1 heterocycles. The molecule has 3 N–H and O–H groups in total. The molecule has 80 valence electrons. The zero-order chi connectivity index (χ0) is 10.8. The Morgan fingerprint density at radius 3 is 2.93 bits per heavy atom. The number of carboxylic acid groups (broad SMARTS) is 1. The normalized spacial score (nSPS) is 17.3. The van der Waals surface area contributed by atoms with Crippen molar-refractivity contribution in [3.05, 3.63) is 18.3 Å². The average molecular weight is 224 g/mol. The second kappa shape index (κ2) is 4.10. The molecular weight excluding hydrogens is 212 g/mol. The van der Waals surface area contributed by atoms with Crippen molar-refractivity contribution >= 4 is 23.4 Å². The van der Waals surface area contributed by atoms with Gasteiger partial charge in [0, 0.05) is 6.20 Å². The van der Waals surface area contributed by atoms with Gasteiger partial charge < -0.3 is 10.8 Å². The van der Waals surface area contributed by atoms with Crippen molar-refractivity contribution in [2.45, 2.75) is 23.1 Å². The van der Waals surface area contributed by atoms with Crippen LogP contribution in [0.15, 0.2) is 23.4 Å². The van der Waals surface area contributed by atoms with E-state index in [1.807, 2.05) is 0 Å². The molecule has 2 rings (SSSR count). The number of pyridine rings is 1. The first-order valence-corrected chi connectivity index (χ1v) is 5.66. The van der Waals surface area contributed by atoms with E-state index in [4.69, 9.17) is 10.8 Å². The van der Waals surface area contributed by atoms with Crippen molar-refractivity contribution in [2.24, 2.45) is 5.92 Å². The number of rotatable bonds is 4. The molecule has 1 aliphatic rings. The number of aliphatic carboxylic acids is 1. The maximum Gasteiger partial charge on any atom is 0.317 e. The molecule has 1 aromatic heterocycles. The molecule has 4 nitrogen and oxygen atoms in total. The average Bonchev–Trinajstić information content (AvgIpc) is 2.99. The quantitative estimate of drug-likeness (QED) is 0.760. The Morgan fingerprint density at radius 1 is 1.67 bits per heavy atom. The largest absolute Gasteiger partial charge is 0.480 e. The minimum Gasteiger partial charge on any atom is -0.480 e. The third kappa shape index (κ3) is 2.41. The number of nitrogen functional groups attached to an aromatic ring is 1. The standard InChI is InChI=1S/C10H12N2O2S/c11-7-2-1-5-12-9(7)15-8(10(13)14)6-3-4-6/h1-2,5-6,8H,3-4,11H2,(H,13,14). The van der Waals surface area contributed by atoms with Gasteiger partial charge in [0.2, 0.25) is 0 Å². The highest BCUT2D eigenvalue weighted by atomic mass is 32.2. The molecular formula is C10H12N2O2S. The minimum atomic E-state index is -0.771. The number of carboxylic acids is 1. The van der Waals surface area contributed by atoms with Crippen molar-refractivity contribution in [3.63, 3.8) is 0 Å². The predicted molar refractivity (Wildman–Crippen MR) is 58.7 cm³/mol. The van der Waals surface area contributed by atoms with E-state index < -0.39 is 11.2 Å². The predicted octanol–water partition coefficient (Wildman–Crippen LogP) is 1.62. The molecule has 1 aliphatic carbocycles. The van der Waals surface area contributed by atoms with Crippen LogP contribution in [0.2, 0.25) is 0 Å². The van der Waals surface area contributed by atoms with Crippen LogP contribution >= 0.6 is 11.8 Å². The van der Waals surface area contributed by atoms with Crippen LogP contribution in [0.3, 0.4) is 0 Å². The lowest BCUT2D eigenvalue weighted by Crippen LogP contribution is -2.18. The number of carbonyl (C=O) groups is 1. The first-order chi connectivity index (χ1) is 7.18. The fraction of sp³-hybridized carbons (Fsp3) is 0.400. The van der Waals surface area contributed by atoms with E-state index in [0.717, 1.165) is 12.8 Å². The summed E-state index contributed by atoms with van der Waals surface area (Å²) in [5.41, 5.74) is 6.26. The van der Waals surface area contributed by atoms with Gasteiger partial charge in [-0.3, -0.25) is 4.79 Å². The molecule has 1 fully saturated rings. The molecule has 1 atom stereocenters. The number of aromatic nitrogens is 1. The zero-order valence-electron chi connectivity index (χ0n) is 8.09. The highest BCUT2D eigenvalue weighted by molar-refractivity contribution is 8.00. The van der Waals surface area contributed by atoms with E-state index in [2.05, 4.69) is 4.98 Å². The second-order valence-corrected chi connectivity index (χ2v) is 4.74. The molecule has 5 heteroatoms. The molecule has 1 unspecified atom stereocenters. The lowest BCUT2D eigenvalue weighted by molar-refractivity contribution is -0.136. The highest BCUT2D eigenvalue weighted by Gasteiger charge is 2.37. The molecule has 15 heavy (non-hydrogen) atoms. The van der Waals surface area contributed by atoms with Gasteiger partial charge in [-0.2, -0.15) is 0 Å². The third-order valence-electron chi connectivity index (χ3n) is 2.33. The van der Waals surface area contributed by atoms with Crippen LogP contribution < -0.4 is 5.73 Å². The summed E-state index contributed by atoms with van der Waals surface area (Å²) >= 11 is 1.26. The summed E-state index contributed by atoms with van der Waals surface area (Å²) in [5, 5.41) is 9.27. The first-order valence-electron chi connectivity index (χ1n) is 4.78. The summed E-state index contributed by atoms with van der Waals surface area (Å²) in [5.74, 6) is -0.485. The van der Waals surface area contributed by atoms with Crippen molar-refractivity contribution in [2.75, 3.05) is 5.73 Å². The Morgan fingerprint density at radius 2 is 2.40 bits per heavy atom. The SMILES string of the molecule is Nc1cccnc1SC(C(=O)O)C1CC1. The monoisotopic (exact) mass is 224 g/mol. The highest BCUT2D eigenvalue weighted by Crippen LogP contribution is 2.42. The summed E-state index contributed by atoms with van der Waals surface area (Å²) in [6.07, 6.45) is 3.62. The van der Waals surface area contributed by atoms with Gasteiger partial charge in [0.25, 0.3) is 0 Å². The summed E-state index contributed by atoms with van der Waals surface area (Å²) in [7, 11) is 0. The number of hydrogen-bond acceptors (Lipinski definition) is 4. The van der Waals surface area contributed by atoms with Gasteiger partial charge in [0.15, 0.2) is 0 Å². The van der Waals surface area contributed by atoms with Gasteiger partial charge in [-0.25, -0.2) is 4.98 Å². The van der Waals surface area contributed by atoms with Crippen LogP contribution in [0.5, 0.6) is 0 Å². The van der Waals surface area contributed by atoms with Gasteiger partial charge >= 0.3 is 5.97 Å². The van der Waals surface area contributed by atoms with Crippen molar-refractivity contribution in [1.82, 2.24) is 4.98 Å². The Bertz CT molecular complexity index is 379. The van der Waals surface area contributed by atoms with Gasteiger partial charge in [-0.1, -0.05) is 11.8 Å². The van der Waals surface area contributed by atoms with E-state index in [0.29, 0.717) is 10.7 Å². The lowest BCUT2D eigenvalue weighted by Gasteiger charge is -2.10.